The van der Waals surface area contributed by atoms with Crippen molar-refractivity contribution in [2.45, 2.75) is 32.2 Å². The maximum Gasteiger partial charge on any atom is 0.326 e. The lowest BCUT2D eigenvalue weighted by Gasteiger charge is -2.36. The molecule has 0 aliphatic carbocycles. The van der Waals surface area contributed by atoms with Crippen LogP contribution in [0.25, 0.3) is 0 Å². The minimum Gasteiger partial charge on any atom is -0.480 e. The zero-order valence-corrected chi connectivity index (χ0v) is 11.3. The Labute approximate surface area is 116 Å². The Morgan fingerprint density at radius 2 is 2.25 bits per heavy atom. The number of rotatable bonds is 3. The van der Waals surface area contributed by atoms with Crippen molar-refractivity contribution in [2.75, 3.05) is 6.54 Å². The SMILES string of the molecule is CCC1CCN(C(=O)c2cccc(F)n2)C(C(=O)O)C1. The maximum absolute atomic E-state index is 13.1. The number of hydrogen-bond donors (Lipinski definition) is 1. The Kier molecular flexibility index (Phi) is 4.32. The van der Waals surface area contributed by atoms with Gasteiger partial charge in [-0.05, 0) is 30.9 Å². The first kappa shape index (κ1) is 14.4. The normalized spacial score (nSPS) is 22.6. The number of aliphatic carboxylic acids is 1. The Morgan fingerprint density at radius 3 is 2.85 bits per heavy atom. The van der Waals surface area contributed by atoms with Crippen molar-refractivity contribution in [1.82, 2.24) is 9.88 Å². The zero-order valence-electron chi connectivity index (χ0n) is 11.3. The van der Waals surface area contributed by atoms with Crippen LogP contribution in [-0.2, 0) is 4.79 Å². The number of hydrogen-bond acceptors (Lipinski definition) is 3. The van der Waals surface area contributed by atoms with Gasteiger partial charge in [-0.1, -0.05) is 19.4 Å². The molecular formula is C14H17FN2O3. The summed E-state index contributed by atoms with van der Waals surface area (Å²) in [7, 11) is 0. The van der Waals surface area contributed by atoms with Crippen molar-refractivity contribution in [3.8, 4) is 0 Å². The third kappa shape index (κ3) is 2.95. The highest BCUT2D eigenvalue weighted by atomic mass is 19.1. The Hall–Kier alpha value is -1.98. The number of carbonyl (C=O) groups is 2. The molecule has 1 amide bonds. The van der Waals surface area contributed by atoms with Gasteiger partial charge in [0, 0.05) is 6.54 Å². The lowest BCUT2D eigenvalue weighted by Crippen LogP contribution is -2.50. The van der Waals surface area contributed by atoms with Crippen LogP contribution in [0.5, 0.6) is 0 Å². The minimum atomic E-state index is -1.02. The smallest absolute Gasteiger partial charge is 0.326 e. The van der Waals surface area contributed by atoms with Crippen LogP contribution in [0.2, 0.25) is 0 Å². The first-order valence-corrected chi connectivity index (χ1v) is 6.69. The molecule has 2 heterocycles. The maximum atomic E-state index is 13.1. The number of aromatic nitrogens is 1. The van der Waals surface area contributed by atoms with Gasteiger partial charge in [0.1, 0.15) is 11.7 Å². The van der Waals surface area contributed by atoms with Crippen molar-refractivity contribution in [3.05, 3.63) is 29.8 Å². The molecule has 2 atom stereocenters. The monoisotopic (exact) mass is 280 g/mol. The Morgan fingerprint density at radius 1 is 1.50 bits per heavy atom. The molecule has 2 unspecified atom stereocenters. The molecule has 2 rings (SSSR count). The molecule has 1 N–H and O–H groups in total. The van der Waals surface area contributed by atoms with Crippen LogP contribution in [-0.4, -0.2) is 39.5 Å². The molecule has 0 bridgehead atoms. The van der Waals surface area contributed by atoms with Crippen LogP contribution < -0.4 is 0 Å². The Balaban J connectivity index is 2.21. The molecule has 0 radical (unpaired) electrons. The van der Waals surface area contributed by atoms with E-state index in [1.54, 1.807) is 0 Å². The van der Waals surface area contributed by atoms with Crippen molar-refractivity contribution in [3.63, 3.8) is 0 Å². The number of likely N-dealkylation sites (tertiary alicyclic amines) is 1. The second-order valence-corrected chi connectivity index (χ2v) is 5.00. The quantitative estimate of drug-likeness (QED) is 0.859. The summed E-state index contributed by atoms with van der Waals surface area (Å²) in [4.78, 5) is 28.5. The van der Waals surface area contributed by atoms with Gasteiger partial charge < -0.3 is 10.0 Å². The average molecular weight is 280 g/mol. The molecule has 1 saturated heterocycles. The summed E-state index contributed by atoms with van der Waals surface area (Å²) in [5, 5.41) is 9.28. The molecule has 5 nitrogen and oxygen atoms in total. The molecule has 20 heavy (non-hydrogen) atoms. The van der Waals surface area contributed by atoms with Gasteiger partial charge in [0.15, 0.2) is 0 Å². The van der Waals surface area contributed by atoms with E-state index in [0.29, 0.717) is 18.9 Å². The standard InChI is InChI=1S/C14H17FN2O3/c1-2-9-6-7-17(11(8-9)14(19)20)13(18)10-4-3-5-12(15)16-10/h3-5,9,11H,2,6-8H2,1H3,(H,19,20). The van der Waals surface area contributed by atoms with Gasteiger partial charge in [-0.15, -0.1) is 0 Å². The fraction of sp³-hybridized carbons (Fsp3) is 0.500. The fourth-order valence-electron chi connectivity index (χ4n) is 2.56. The summed E-state index contributed by atoms with van der Waals surface area (Å²) in [5.41, 5.74) is -0.0498. The minimum absolute atomic E-state index is 0.0498. The van der Waals surface area contributed by atoms with E-state index in [1.807, 2.05) is 6.92 Å². The van der Waals surface area contributed by atoms with Crippen LogP contribution in [0.1, 0.15) is 36.7 Å². The largest absolute Gasteiger partial charge is 0.480 e. The molecular weight excluding hydrogens is 263 g/mol. The number of carboxylic acid groups (broad SMARTS) is 1. The van der Waals surface area contributed by atoms with Crippen molar-refractivity contribution >= 4 is 11.9 Å². The van der Waals surface area contributed by atoms with E-state index in [1.165, 1.54) is 17.0 Å². The van der Waals surface area contributed by atoms with Gasteiger partial charge in [0.2, 0.25) is 5.95 Å². The van der Waals surface area contributed by atoms with E-state index < -0.39 is 23.9 Å². The van der Waals surface area contributed by atoms with E-state index in [0.717, 1.165) is 18.9 Å². The summed E-state index contributed by atoms with van der Waals surface area (Å²) in [5.74, 6) is -1.98. The third-order valence-corrected chi connectivity index (χ3v) is 3.77. The van der Waals surface area contributed by atoms with Crippen molar-refractivity contribution < 1.29 is 19.1 Å². The fourth-order valence-corrected chi connectivity index (χ4v) is 2.56. The second-order valence-electron chi connectivity index (χ2n) is 5.00. The van der Waals surface area contributed by atoms with E-state index in [4.69, 9.17) is 0 Å². The highest BCUT2D eigenvalue weighted by Crippen LogP contribution is 2.26. The van der Waals surface area contributed by atoms with Crippen LogP contribution in [0, 0.1) is 11.9 Å². The second kappa shape index (κ2) is 5.98. The number of pyridine rings is 1. The van der Waals surface area contributed by atoms with E-state index >= 15 is 0 Å². The lowest BCUT2D eigenvalue weighted by molar-refractivity contribution is -0.144. The molecule has 1 aromatic heterocycles. The Bertz CT molecular complexity index is 521. The molecule has 6 heteroatoms. The van der Waals surface area contributed by atoms with E-state index in [2.05, 4.69) is 4.98 Å². The van der Waals surface area contributed by atoms with Crippen LogP contribution in [0.4, 0.5) is 4.39 Å². The number of halogens is 1. The lowest BCUT2D eigenvalue weighted by atomic mass is 9.88. The summed E-state index contributed by atoms with van der Waals surface area (Å²) in [6.45, 7) is 2.38. The van der Waals surface area contributed by atoms with Gasteiger partial charge in [-0.3, -0.25) is 4.79 Å². The predicted octanol–water partition coefficient (Wildman–Crippen LogP) is 1.94. The van der Waals surface area contributed by atoms with Crippen LogP contribution >= 0.6 is 0 Å². The average Bonchev–Trinajstić information content (AvgIpc) is 2.45. The first-order chi connectivity index (χ1) is 9.52. The molecule has 0 saturated carbocycles. The van der Waals surface area contributed by atoms with Gasteiger partial charge in [0.25, 0.3) is 5.91 Å². The van der Waals surface area contributed by atoms with Gasteiger partial charge in [-0.25, -0.2) is 9.78 Å². The number of piperidine rings is 1. The number of carboxylic acids is 1. The topological polar surface area (TPSA) is 70.5 Å². The molecule has 0 aromatic carbocycles. The molecule has 1 aliphatic heterocycles. The highest BCUT2D eigenvalue weighted by Gasteiger charge is 2.36. The number of nitrogens with zero attached hydrogens (tertiary/aromatic N) is 2. The van der Waals surface area contributed by atoms with Gasteiger partial charge >= 0.3 is 5.97 Å². The molecule has 108 valence electrons. The molecule has 1 aromatic rings. The van der Waals surface area contributed by atoms with E-state index in [-0.39, 0.29) is 5.69 Å². The third-order valence-electron chi connectivity index (χ3n) is 3.77. The first-order valence-electron chi connectivity index (χ1n) is 6.69. The van der Waals surface area contributed by atoms with Gasteiger partial charge in [0.05, 0.1) is 0 Å². The molecule has 1 aliphatic rings. The summed E-state index contributed by atoms with van der Waals surface area (Å²) in [6.07, 6.45) is 2.10. The van der Waals surface area contributed by atoms with Crippen molar-refractivity contribution in [2.24, 2.45) is 5.92 Å². The van der Waals surface area contributed by atoms with E-state index in [9.17, 15) is 19.1 Å². The summed E-state index contributed by atoms with van der Waals surface area (Å²) >= 11 is 0. The summed E-state index contributed by atoms with van der Waals surface area (Å²) < 4.78 is 13.1. The number of carbonyl (C=O) groups excluding carboxylic acids is 1. The predicted molar refractivity (Wildman–Crippen MR) is 69.7 cm³/mol. The van der Waals surface area contributed by atoms with Gasteiger partial charge in [-0.2, -0.15) is 4.39 Å². The number of amides is 1. The highest BCUT2D eigenvalue weighted by molar-refractivity contribution is 5.95. The van der Waals surface area contributed by atoms with Crippen LogP contribution in [0.3, 0.4) is 0 Å². The van der Waals surface area contributed by atoms with Crippen molar-refractivity contribution in [1.29, 1.82) is 0 Å². The van der Waals surface area contributed by atoms with Crippen LogP contribution in [0.15, 0.2) is 18.2 Å². The molecule has 0 spiro atoms. The summed E-state index contributed by atoms with van der Waals surface area (Å²) in [6, 6.07) is 3.08. The zero-order chi connectivity index (χ0) is 14.7. The molecule has 1 fully saturated rings.